The molecule has 1 fully saturated rings. The summed E-state index contributed by atoms with van der Waals surface area (Å²) in [5.74, 6) is 1.29. The van der Waals surface area contributed by atoms with Crippen molar-refractivity contribution in [3.05, 3.63) is 29.6 Å². The molecule has 0 radical (unpaired) electrons. The first-order chi connectivity index (χ1) is 9.08. The Hall–Kier alpha value is -1.09. The number of hydrogen-bond acceptors (Lipinski definition) is 2. The van der Waals surface area contributed by atoms with Gasteiger partial charge in [-0.25, -0.2) is 4.39 Å². The van der Waals surface area contributed by atoms with Gasteiger partial charge in [0.1, 0.15) is 5.82 Å². The summed E-state index contributed by atoms with van der Waals surface area (Å²) >= 11 is 0. The summed E-state index contributed by atoms with van der Waals surface area (Å²) in [6, 6.07) is 5.39. The second-order valence-electron chi connectivity index (χ2n) is 6.09. The Morgan fingerprint density at radius 3 is 2.74 bits per heavy atom. The number of rotatable bonds is 7. The maximum atomic E-state index is 14.0. The lowest BCUT2D eigenvalue weighted by Gasteiger charge is -2.23. The van der Waals surface area contributed by atoms with Crippen LogP contribution in [-0.2, 0) is 6.54 Å². The van der Waals surface area contributed by atoms with Crippen LogP contribution in [-0.4, -0.2) is 20.1 Å². The van der Waals surface area contributed by atoms with Crippen molar-refractivity contribution in [3.63, 3.8) is 0 Å². The highest BCUT2D eigenvalue weighted by molar-refractivity contribution is 5.53. The van der Waals surface area contributed by atoms with E-state index in [4.69, 9.17) is 0 Å². The van der Waals surface area contributed by atoms with Crippen molar-refractivity contribution in [2.45, 2.75) is 33.2 Å². The van der Waals surface area contributed by atoms with E-state index in [1.54, 1.807) is 12.1 Å². The summed E-state index contributed by atoms with van der Waals surface area (Å²) in [5.41, 5.74) is 1.83. The van der Waals surface area contributed by atoms with Crippen LogP contribution in [0.15, 0.2) is 18.2 Å². The third-order valence-corrected chi connectivity index (χ3v) is 3.59. The molecule has 0 aromatic heterocycles. The van der Waals surface area contributed by atoms with Gasteiger partial charge in [-0.05, 0) is 43.4 Å². The predicted molar refractivity (Wildman–Crippen MR) is 78.9 cm³/mol. The van der Waals surface area contributed by atoms with Crippen LogP contribution in [0.1, 0.15) is 32.3 Å². The molecule has 2 nitrogen and oxygen atoms in total. The summed E-state index contributed by atoms with van der Waals surface area (Å²) in [6.45, 7) is 6.89. The first kappa shape index (κ1) is 14.3. The zero-order valence-electron chi connectivity index (χ0n) is 12.2. The van der Waals surface area contributed by atoms with E-state index >= 15 is 0 Å². The molecule has 0 aliphatic heterocycles. The van der Waals surface area contributed by atoms with Crippen molar-refractivity contribution in [3.8, 4) is 0 Å². The largest absolute Gasteiger partial charge is 0.374 e. The van der Waals surface area contributed by atoms with Crippen LogP contribution < -0.4 is 10.2 Å². The van der Waals surface area contributed by atoms with Gasteiger partial charge in [-0.15, -0.1) is 0 Å². The average Bonchev–Trinajstić information content (AvgIpc) is 3.14. The fraction of sp³-hybridized carbons (Fsp3) is 0.625. The van der Waals surface area contributed by atoms with Gasteiger partial charge < -0.3 is 10.2 Å². The monoisotopic (exact) mass is 264 g/mol. The highest BCUT2D eigenvalue weighted by Gasteiger charge is 2.24. The minimum atomic E-state index is -0.101. The number of hydrogen-bond donors (Lipinski definition) is 1. The minimum Gasteiger partial charge on any atom is -0.374 e. The Labute approximate surface area is 116 Å². The number of nitrogens with zero attached hydrogens (tertiary/aromatic N) is 1. The number of benzene rings is 1. The first-order valence-corrected chi connectivity index (χ1v) is 7.27. The van der Waals surface area contributed by atoms with Gasteiger partial charge in [0.05, 0.1) is 0 Å². The van der Waals surface area contributed by atoms with Gasteiger partial charge in [0.25, 0.3) is 0 Å². The zero-order chi connectivity index (χ0) is 13.8. The molecule has 1 aliphatic rings. The average molecular weight is 264 g/mol. The number of halogens is 1. The molecule has 1 aromatic rings. The molecule has 1 saturated carbocycles. The zero-order valence-corrected chi connectivity index (χ0v) is 12.2. The second-order valence-corrected chi connectivity index (χ2v) is 6.09. The standard InChI is InChI=1S/C16H25FN2/c1-12(2)9-18-10-14-15(17)5-4-6-16(14)19(3)11-13-7-8-13/h4-6,12-13,18H,7-11H2,1-3H3. The van der Waals surface area contributed by atoms with Gasteiger partial charge in [-0.3, -0.25) is 0 Å². The third kappa shape index (κ3) is 4.20. The quantitative estimate of drug-likeness (QED) is 0.812. The van der Waals surface area contributed by atoms with Crippen LogP contribution in [0, 0.1) is 17.7 Å². The highest BCUT2D eigenvalue weighted by Crippen LogP contribution is 2.32. The van der Waals surface area contributed by atoms with Gasteiger partial charge in [0, 0.05) is 31.4 Å². The molecule has 0 bridgehead atoms. The second kappa shape index (κ2) is 6.38. The van der Waals surface area contributed by atoms with E-state index < -0.39 is 0 Å². The predicted octanol–water partition coefficient (Wildman–Crippen LogP) is 3.42. The third-order valence-electron chi connectivity index (χ3n) is 3.59. The minimum absolute atomic E-state index is 0.101. The van der Waals surface area contributed by atoms with Crippen molar-refractivity contribution >= 4 is 5.69 Å². The van der Waals surface area contributed by atoms with Crippen molar-refractivity contribution in [2.75, 3.05) is 25.0 Å². The van der Waals surface area contributed by atoms with Crippen LogP contribution in [0.25, 0.3) is 0 Å². The summed E-state index contributed by atoms with van der Waals surface area (Å²) in [6.07, 6.45) is 2.64. The lowest BCUT2D eigenvalue weighted by Crippen LogP contribution is -2.25. The van der Waals surface area contributed by atoms with Gasteiger partial charge in [-0.1, -0.05) is 19.9 Å². The van der Waals surface area contributed by atoms with Crippen LogP contribution >= 0.6 is 0 Å². The smallest absolute Gasteiger partial charge is 0.129 e. The van der Waals surface area contributed by atoms with Crippen LogP contribution in [0.5, 0.6) is 0 Å². The lowest BCUT2D eigenvalue weighted by molar-refractivity contribution is 0.534. The van der Waals surface area contributed by atoms with Crippen molar-refractivity contribution < 1.29 is 4.39 Å². The molecular formula is C16H25FN2. The van der Waals surface area contributed by atoms with Crippen LogP contribution in [0.2, 0.25) is 0 Å². The van der Waals surface area contributed by atoms with Crippen LogP contribution in [0.4, 0.5) is 10.1 Å². The highest BCUT2D eigenvalue weighted by atomic mass is 19.1. The molecule has 0 atom stereocenters. The van der Waals surface area contributed by atoms with Crippen molar-refractivity contribution in [1.29, 1.82) is 0 Å². The van der Waals surface area contributed by atoms with Crippen LogP contribution in [0.3, 0.4) is 0 Å². The fourth-order valence-electron chi connectivity index (χ4n) is 2.35. The normalized spacial score (nSPS) is 15.0. The van der Waals surface area contributed by atoms with Gasteiger partial charge >= 0.3 is 0 Å². The molecule has 19 heavy (non-hydrogen) atoms. The molecule has 0 unspecified atom stereocenters. The molecule has 3 heteroatoms. The number of anilines is 1. The molecule has 2 rings (SSSR count). The maximum Gasteiger partial charge on any atom is 0.129 e. The van der Waals surface area contributed by atoms with E-state index in [0.717, 1.165) is 30.3 Å². The van der Waals surface area contributed by atoms with Gasteiger partial charge in [0.15, 0.2) is 0 Å². The molecule has 0 spiro atoms. The molecule has 1 aromatic carbocycles. The molecule has 106 valence electrons. The summed E-state index contributed by atoms with van der Waals surface area (Å²) in [5, 5.41) is 3.34. The SMILES string of the molecule is CC(C)CNCc1c(F)cccc1N(C)CC1CC1. The van der Waals surface area contributed by atoms with E-state index in [0.29, 0.717) is 12.5 Å². The molecule has 1 N–H and O–H groups in total. The van der Waals surface area contributed by atoms with E-state index in [9.17, 15) is 4.39 Å². The van der Waals surface area contributed by atoms with Crippen molar-refractivity contribution in [1.82, 2.24) is 5.32 Å². The van der Waals surface area contributed by atoms with Gasteiger partial charge in [0.2, 0.25) is 0 Å². The Bertz CT molecular complexity index is 413. The fourth-order valence-corrected chi connectivity index (χ4v) is 2.35. The summed E-state index contributed by atoms with van der Waals surface area (Å²) in [4.78, 5) is 2.20. The Kier molecular flexibility index (Phi) is 4.81. The Morgan fingerprint density at radius 1 is 1.37 bits per heavy atom. The first-order valence-electron chi connectivity index (χ1n) is 7.27. The topological polar surface area (TPSA) is 15.3 Å². The van der Waals surface area contributed by atoms with E-state index in [1.165, 1.54) is 12.8 Å². The maximum absolute atomic E-state index is 14.0. The van der Waals surface area contributed by atoms with E-state index in [1.807, 2.05) is 6.07 Å². The molecule has 1 aliphatic carbocycles. The van der Waals surface area contributed by atoms with E-state index in [-0.39, 0.29) is 5.82 Å². The molecule has 0 heterocycles. The number of nitrogens with one attached hydrogen (secondary N) is 1. The Morgan fingerprint density at radius 2 is 2.11 bits per heavy atom. The Balaban J connectivity index is 2.05. The molecular weight excluding hydrogens is 239 g/mol. The summed E-state index contributed by atoms with van der Waals surface area (Å²) in [7, 11) is 2.07. The lowest BCUT2D eigenvalue weighted by atomic mass is 10.1. The van der Waals surface area contributed by atoms with Crippen molar-refractivity contribution in [2.24, 2.45) is 11.8 Å². The molecule has 0 amide bonds. The van der Waals surface area contributed by atoms with E-state index in [2.05, 4.69) is 31.1 Å². The van der Waals surface area contributed by atoms with Gasteiger partial charge in [-0.2, -0.15) is 0 Å². The summed E-state index contributed by atoms with van der Waals surface area (Å²) < 4.78 is 14.0. The molecule has 0 saturated heterocycles.